The van der Waals surface area contributed by atoms with Crippen LogP contribution < -0.4 is 15.9 Å². The van der Waals surface area contributed by atoms with E-state index in [-0.39, 0.29) is 0 Å². The normalized spacial score (nSPS) is 12.1. The van der Waals surface area contributed by atoms with Crippen LogP contribution in [0.15, 0.2) is 91.0 Å². The van der Waals surface area contributed by atoms with Crippen molar-refractivity contribution in [3.8, 4) is 0 Å². The summed E-state index contributed by atoms with van der Waals surface area (Å²) in [5.74, 6) is 0. The van der Waals surface area contributed by atoms with E-state index in [9.17, 15) is 0 Å². The summed E-state index contributed by atoms with van der Waals surface area (Å²) in [4.78, 5) is 24.2. The largest absolute Gasteiger partial charge is 0.466 e. The van der Waals surface area contributed by atoms with Gasteiger partial charge in [0.05, 0.1) is 6.16 Å². The molecule has 0 saturated carbocycles. The first kappa shape index (κ1) is 27.4. The van der Waals surface area contributed by atoms with Crippen molar-refractivity contribution in [1.82, 2.24) is 4.90 Å². The molecule has 0 aliphatic rings. The van der Waals surface area contributed by atoms with Crippen LogP contribution >= 0.6 is 15.1 Å². The Hall–Kier alpha value is -1.84. The Balaban J connectivity index is 0.000000696. The van der Waals surface area contributed by atoms with Crippen LogP contribution in [0.4, 0.5) is 0 Å². The van der Waals surface area contributed by atoms with Crippen LogP contribution in [0.3, 0.4) is 0 Å². The molecule has 0 amide bonds. The maximum absolute atomic E-state index is 8.88. The van der Waals surface area contributed by atoms with Gasteiger partial charge in [-0.05, 0) is 64.1 Å². The van der Waals surface area contributed by atoms with Gasteiger partial charge in [-0.15, -0.1) is 0 Å². The number of hydrogen-bond acceptors (Lipinski definition) is 2. The first-order chi connectivity index (χ1) is 15.6. The van der Waals surface area contributed by atoms with Crippen LogP contribution in [0, 0.1) is 0 Å². The molecule has 0 bridgehead atoms. The van der Waals surface area contributed by atoms with Crippen molar-refractivity contribution < 1.29 is 19.2 Å². The first-order valence-electron chi connectivity index (χ1n) is 11.1. The lowest BCUT2D eigenvalue weighted by molar-refractivity contribution is 0.187. The molecule has 0 heterocycles. The molecule has 0 spiro atoms. The van der Waals surface area contributed by atoms with E-state index in [1.165, 1.54) is 15.9 Å². The zero-order chi connectivity index (χ0) is 24.5. The molecule has 178 valence electrons. The van der Waals surface area contributed by atoms with E-state index in [0.29, 0.717) is 12.1 Å². The highest BCUT2D eigenvalue weighted by atomic mass is 31.2. The molecule has 0 aromatic heterocycles. The van der Waals surface area contributed by atoms with Crippen molar-refractivity contribution in [2.45, 2.75) is 39.8 Å². The second-order valence-electron chi connectivity index (χ2n) is 8.48. The Kier molecular flexibility index (Phi) is 10.4. The van der Waals surface area contributed by atoms with Crippen LogP contribution in [0.25, 0.3) is 0 Å². The minimum absolute atomic E-state index is 0.546. The molecule has 3 N–H and O–H groups in total. The summed E-state index contributed by atoms with van der Waals surface area (Å²) in [7, 11) is -6.37. The maximum atomic E-state index is 8.88. The maximum Gasteiger partial charge on any atom is 0.466 e. The third-order valence-electron chi connectivity index (χ3n) is 5.61. The summed E-state index contributed by atoms with van der Waals surface area (Å²) in [6.07, 6.45) is 1.15. The van der Waals surface area contributed by atoms with E-state index in [1.807, 2.05) is 0 Å². The Labute approximate surface area is 198 Å². The van der Waals surface area contributed by atoms with Gasteiger partial charge in [-0.2, -0.15) is 0 Å². The Bertz CT molecular complexity index is 880. The van der Waals surface area contributed by atoms with Gasteiger partial charge in [-0.3, -0.25) is 4.90 Å². The summed E-state index contributed by atoms with van der Waals surface area (Å²) in [6, 6.07) is 34.6. The predicted molar refractivity (Wildman–Crippen MR) is 141 cm³/mol. The van der Waals surface area contributed by atoms with Crippen LogP contribution in [-0.4, -0.2) is 44.4 Å². The molecular weight excluding hydrogens is 452 g/mol. The van der Waals surface area contributed by atoms with Gasteiger partial charge in [-0.1, -0.05) is 54.6 Å². The van der Waals surface area contributed by atoms with Gasteiger partial charge in [-0.25, -0.2) is 4.57 Å². The quantitative estimate of drug-likeness (QED) is 0.415. The standard InChI is InChI=1S/C26H33NP.H3O4P/c1-22(2)27(23(3)4)20-21-28(24-14-8-5-9-15-24,25-16-10-6-11-17-25)26-18-12-7-13-19-26;1-5(2,3)4/h5-19,22-23H,20-21H2,1-4H3;(H3,1,2,3,4)/q+1;. The van der Waals surface area contributed by atoms with E-state index < -0.39 is 15.1 Å². The number of rotatable bonds is 8. The molecule has 0 unspecified atom stereocenters. The van der Waals surface area contributed by atoms with Crippen LogP contribution in [0.5, 0.6) is 0 Å². The minimum atomic E-state index is -4.64. The van der Waals surface area contributed by atoms with Crippen molar-refractivity contribution in [2.75, 3.05) is 12.7 Å². The fourth-order valence-electron chi connectivity index (χ4n) is 4.26. The average molecular weight is 489 g/mol. The number of nitrogens with zero attached hydrogens (tertiary/aromatic N) is 1. The summed E-state index contributed by atoms with van der Waals surface area (Å²) >= 11 is 0. The topological polar surface area (TPSA) is 81.0 Å². The second-order valence-corrected chi connectivity index (χ2v) is 13.1. The molecule has 33 heavy (non-hydrogen) atoms. The van der Waals surface area contributed by atoms with Crippen LogP contribution in [0.1, 0.15) is 27.7 Å². The first-order valence-corrected chi connectivity index (χ1v) is 14.7. The Morgan fingerprint density at radius 2 is 0.939 bits per heavy atom. The number of hydrogen-bond donors (Lipinski definition) is 3. The van der Waals surface area contributed by atoms with E-state index in [2.05, 4.69) is 124 Å². The predicted octanol–water partition coefficient (Wildman–Crippen LogP) is 4.17. The molecule has 0 radical (unpaired) electrons. The fraction of sp³-hybridized carbons (Fsp3) is 0.308. The zero-order valence-corrected chi connectivity index (χ0v) is 21.6. The fourth-order valence-corrected chi connectivity index (χ4v) is 8.50. The van der Waals surface area contributed by atoms with Crippen molar-refractivity contribution in [3.05, 3.63) is 91.0 Å². The highest BCUT2D eigenvalue weighted by Crippen LogP contribution is 2.55. The highest BCUT2D eigenvalue weighted by Gasteiger charge is 2.45. The number of phosphoric acid groups is 1. The molecule has 3 aromatic rings. The smallest absolute Gasteiger partial charge is 0.303 e. The summed E-state index contributed by atoms with van der Waals surface area (Å²) < 4.78 is 8.88. The van der Waals surface area contributed by atoms with Gasteiger partial charge in [0, 0.05) is 18.6 Å². The second kappa shape index (κ2) is 12.6. The molecule has 0 saturated heterocycles. The SMILES string of the molecule is CC(C)N(CC[P+](c1ccccc1)(c1ccccc1)c1ccccc1)C(C)C.O=P(O)(O)O. The van der Waals surface area contributed by atoms with E-state index in [0.717, 1.165) is 12.7 Å². The van der Waals surface area contributed by atoms with Crippen LogP contribution in [0.2, 0.25) is 0 Å². The van der Waals surface area contributed by atoms with E-state index in [4.69, 9.17) is 19.2 Å². The molecule has 0 fully saturated rings. The van der Waals surface area contributed by atoms with Crippen molar-refractivity contribution in [2.24, 2.45) is 0 Å². The highest BCUT2D eigenvalue weighted by molar-refractivity contribution is 7.95. The van der Waals surface area contributed by atoms with E-state index >= 15 is 0 Å². The van der Waals surface area contributed by atoms with Gasteiger partial charge in [0.1, 0.15) is 23.2 Å². The molecule has 0 aliphatic carbocycles. The molecule has 0 atom stereocenters. The van der Waals surface area contributed by atoms with Crippen molar-refractivity contribution in [3.63, 3.8) is 0 Å². The molecule has 5 nitrogen and oxygen atoms in total. The van der Waals surface area contributed by atoms with Crippen molar-refractivity contribution in [1.29, 1.82) is 0 Å². The number of benzene rings is 3. The lowest BCUT2D eigenvalue weighted by atomic mass is 10.2. The Morgan fingerprint density at radius 1 is 0.667 bits per heavy atom. The summed E-state index contributed by atoms with van der Waals surface area (Å²) in [6.45, 7) is 10.4. The monoisotopic (exact) mass is 488 g/mol. The molecular formula is C26H36NO4P2+. The third kappa shape index (κ3) is 8.15. The zero-order valence-electron chi connectivity index (χ0n) is 19.8. The van der Waals surface area contributed by atoms with Gasteiger partial charge < -0.3 is 14.7 Å². The molecule has 3 rings (SSSR count). The minimum Gasteiger partial charge on any atom is -0.303 e. The molecule has 0 aliphatic heterocycles. The van der Waals surface area contributed by atoms with Crippen molar-refractivity contribution >= 4 is 31.0 Å². The third-order valence-corrected chi connectivity index (χ3v) is 10.0. The molecule has 7 heteroatoms. The van der Waals surface area contributed by atoms with Gasteiger partial charge in [0.15, 0.2) is 0 Å². The average Bonchev–Trinajstić information content (AvgIpc) is 2.77. The van der Waals surface area contributed by atoms with Gasteiger partial charge in [0.25, 0.3) is 0 Å². The summed E-state index contributed by atoms with van der Waals surface area (Å²) in [5.41, 5.74) is 0. The lowest BCUT2D eigenvalue weighted by Gasteiger charge is -2.34. The summed E-state index contributed by atoms with van der Waals surface area (Å²) in [5, 5.41) is 4.42. The molecule has 3 aromatic carbocycles. The Morgan fingerprint density at radius 3 is 1.18 bits per heavy atom. The van der Waals surface area contributed by atoms with Gasteiger partial charge >= 0.3 is 7.82 Å². The lowest BCUT2D eigenvalue weighted by Crippen LogP contribution is -2.43. The van der Waals surface area contributed by atoms with E-state index in [1.54, 1.807) is 0 Å². The van der Waals surface area contributed by atoms with Gasteiger partial charge in [0.2, 0.25) is 0 Å². The van der Waals surface area contributed by atoms with Crippen LogP contribution in [-0.2, 0) is 4.57 Å².